The van der Waals surface area contributed by atoms with Crippen LogP contribution in [0.15, 0.2) is 34.8 Å². The lowest BCUT2D eigenvalue weighted by molar-refractivity contribution is -0.274. The molecule has 28 heavy (non-hydrogen) atoms. The monoisotopic (exact) mass is 455 g/mol. The smallest absolute Gasteiger partial charge is 0.405 e. The van der Waals surface area contributed by atoms with Crippen LogP contribution in [-0.2, 0) is 10.2 Å². The average Bonchev–Trinajstić information content (AvgIpc) is 2.55. The lowest BCUT2D eigenvalue weighted by Gasteiger charge is -2.39. The quantitative estimate of drug-likeness (QED) is 0.538. The second-order valence-corrected chi connectivity index (χ2v) is 8.49. The number of amides is 1. The molecule has 0 atom stereocenters. The van der Waals surface area contributed by atoms with Crippen LogP contribution in [0, 0.1) is 6.92 Å². The largest absolute Gasteiger partial charge is 0.573 e. The molecule has 1 aliphatic rings. The molecule has 1 aliphatic heterocycles. The Balaban J connectivity index is 2.24. The number of halogens is 4. The van der Waals surface area contributed by atoms with Gasteiger partial charge in [0, 0.05) is 34.1 Å². The molecule has 0 N–H and O–H groups in total. The van der Waals surface area contributed by atoms with Crippen molar-refractivity contribution in [3.63, 3.8) is 0 Å². The van der Waals surface area contributed by atoms with Gasteiger partial charge in [0.05, 0.1) is 0 Å². The topological polar surface area (TPSA) is 29.5 Å². The molecular formula is C21H21BrF3NO2. The Labute approximate surface area is 170 Å². The Bertz CT molecular complexity index is 938. The number of alkyl halides is 3. The third kappa shape index (κ3) is 3.90. The van der Waals surface area contributed by atoms with Gasteiger partial charge in [-0.1, -0.05) is 35.8 Å². The maximum absolute atomic E-state index is 12.9. The van der Waals surface area contributed by atoms with Gasteiger partial charge in [-0.3, -0.25) is 4.79 Å². The number of hydrogen-bond donors (Lipinski definition) is 0. The van der Waals surface area contributed by atoms with Crippen LogP contribution >= 0.6 is 15.9 Å². The van der Waals surface area contributed by atoms with Crippen molar-refractivity contribution in [1.82, 2.24) is 0 Å². The van der Waals surface area contributed by atoms with Crippen LogP contribution in [0.2, 0.25) is 0 Å². The molecule has 1 heterocycles. The van der Waals surface area contributed by atoms with E-state index in [2.05, 4.69) is 20.7 Å². The van der Waals surface area contributed by atoms with Crippen molar-refractivity contribution in [1.29, 1.82) is 0 Å². The molecule has 0 bridgehead atoms. The third-order valence-electron chi connectivity index (χ3n) is 5.03. The Morgan fingerprint density at radius 3 is 2.46 bits per heavy atom. The summed E-state index contributed by atoms with van der Waals surface area (Å²) in [6.07, 6.45) is -4.40. The molecule has 7 heteroatoms. The van der Waals surface area contributed by atoms with E-state index in [0.717, 1.165) is 16.8 Å². The summed E-state index contributed by atoms with van der Waals surface area (Å²) >= 11 is 3.32. The molecule has 3 rings (SSSR count). The fourth-order valence-electron chi connectivity index (χ4n) is 3.73. The standard InChI is InChI=1S/C21H21BrF3NO2/c1-5-26-17-10-14(12(2)8-16(17)20(3,4)11-19(26)27)15-9-13(22)6-7-18(15)28-21(23,24)25/h6-10H,5,11H2,1-4H3. The number of anilines is 1. The number of nitrogens with zero attached hydrogens (tertiary/aromatic N) is 1. The number of benzene rings is 2. The summed E-state index contributed by atoms with van der Waals surface area (Å²) in [6, 6.07) is 8.17. The van der Waals surface area contributed by atoms with E-state index in [-0.39, 0.29) is 17.1 Å². The van der Waals surface area contributed by atoms with E-state index in [1.807, 2.05) is 33.8 Å². The Hall–Kier alpha value is -2.02. The molecule has 2 aromatic rings. The van der Waals surface area contributed by atoms with Crippen LogP contribution in [0.1, 0.15) is 38.3 Å². The highest BCUT2D eigenvalue weighted by Gasteiger charge is 2.37. The minimum atomic E-state index is -4.79. The molecule has 3 nitrogen and oxygen atoms in total. The van der Waals surface area contributed by atoms with Crippen molar-refractivity contribution in [3.05, 3.63) is 45.9 Å². The van der Waals surface area contributed by atoms with Gasteiger partial charge in [-0.2, -0.15) is 0 Å². The fraction of sp³-hybridized carbons (Fsp3) is 0.381. The van der Waals surface area contributed by atoms with Crippen LogP contribution in [0.4, 0.5) is 18.9 Å². The average molecular weight is 456 g/mol. The van der Waals surface area contributed by atoms with Crippen molar-refractivity contribution in [2.75, 3.05) is 11.4 Å². The summed E-state index contributed by atoms with van der Waals surface area (Å²) in [7, 11) is 0. The van der Waals surface area contributed by atoms with Gasteiger partial charge < -0.3 is 9.64 Å². The number of carbonyl (C=O) groups is 1. The summed E-state index contributed by atoms with van der Waals surface area (Å²) in [6.45, 7) is 8.25. The van der Waals surface area contributed by atoms with Gasteiger partial charge >= 0.3 is 6.36 Å². The van der Waals surface area contributed by atoms with E-state index in [9.17, 15) is 18.0 Å². The lowest BCUT2D eigenvalue weighted by atomic mass is 9.75. The first-order valence-corrected chi connectivity index (χ1v) is 9.73. The van der Waals surface area contributed by atoms with Gasteiger partial charge in [-0.25, -0.2) is 0 Å². The van der Waals surface area contributed by atoms with Gasteiger partial charge in [0.2, 0.25) is 5.91 Å². The molecule has 0 aliphatic carbocycles. The molecule has 0 fully saturated rings. The van der Waals surface area contributed by atoms with Crippen LogP contribution in [-0.4, -0.2) is 18.8 Å². The first-order valence-electron chi connectivity index (χ1n) is 8.94. The van der Waals surface area contributed by atoms with Crippen molar-refractivity contribution < 1.29 is 22.7 Å². The third-order valence-corrected chi connectivity index (χ3v) is 5.52. The molecule has 0 unspecified atom stereocenters. The zero-order valence-electron chi connectivity index (χ0n) is 16.1. The van der Waals surface area contributed by atoms with Crippen molar-refractivity contribution >= 4 is 27.5 Å². The second-order valence-electron chi connectivity index (χ2n) is 7.57. The summed E-state index contributed by atoms with van der Waals surface area (Å²) in [5.74, 6) is -0.265. The van der Waals surface area contributed by atoms with E-state index in [0.29, 0.717) is 28.6 Å². The minimum absolute atomic E-state index is 0.0100. The molecule has 150 valence electrons. The van der Waals surface area contributed by atoms with Crippen LogP contribution in [0.25, 0.3) is 11.1 Å². The highest BCUT2D eigenvalue weighted by Crippen LogP contribution is 2.45. The van der Waals surface area contributed by atoms with Gasteiger partial charge in [0.15, 0.2) is 0 Å². The first-order chi connectivity index (χ1) is 12.9. The Morgan fingerprint density at radius 2 is 1.86 bits per heavy atom. The minimum Gasteiger partial charge on any atom is -0.405 e. The van der Waals surface area contributed by atoms with E-state index in [1.54, 1.807) is 17.0 Å². The number of rotatable bonds is 3. The second kappa shape index (κ2) is 7.10. The maximum atomic E-state index is 12.9. The van der Waals surface area contributed by atoms with Crippen molar-refractivity contribution in [3.8, 4) is 16.9 Å². The number of hydrogen-bond acceptors (Lipinski definition) is 2. The summed E-state index contributed by atoms with van der Waals surface area (Å²) in [5, 5.41) is 0. The normalized spacial score (nSPS) is 16.1. The first kappa shape index (κ1) is 20.7. The zero-order valence-corrected chi connectivity index (χ0v) is 17.7. The molecule has 0 saturated heterocycles. The van der Waals surface area contributed by atoms with E-state index in [1.165, 1.54) is 12.1 Å². The summed E-state index contributed by atoms with van der Waals surface area (Å²) in [4.78, 5) is 14.3. The molecule has 2 aromatic carbocycles. The predicted octanol–water partition coefficient (Wildman–Crippen LogP) is 6.36. The SMILES string of the molecule is CCN1C(=O)CC(C)(C)c2cc(C)c(-c3cc(Br)ccc3OC(F)(F)F)cc21. The highest BCUT2D eigenvalue weighted by atomic mass is 79.9. The van der Waals surface area contributed by atoms with Gasteiger partial charge in [-0.15, -0.1) is 13.2 Å². The molecule has 0 aromatic heterocycles. The van der Waals surface area contributed by atoms with Gasteiger partial charge in [-0.05, 0) is 54.8 Å². The number of carbonyl (C=O) groups excluding carboxylic acids is 1. The number of aryl methyl sites for hydroxylation is 1. The Morgan fingerprint density at radius 1 is 1.18 bits per heavy atom. The summed E-state index contributed by atoms with van der Waals surface area (Å²) < 4.78 is 43.6. The van der Waals surface area contributed by atoms with Crippen LogP contribution in [0.5, 0.6) is 5.75 Å². The molecular weight excluding hydrogens is 435 g/mol. The van der Waals surface area contributed by atoms with E-state index in [4.69, 9.17) is 0 Å². The van der Waals surface area contributed by atoms with E-state index < -0.39 is 6.36 Å². The maximum Gasteiger partial charge on any atom is 0.573 e. The van der Waals surface area contributed by atoms with Gasteiger partial charge in [0.25, 0.3) is 0 Å². The van der Waals surface area contributed by atoms with Crippen molar-refractivity contribution in [2.24, 2.45) is 0 Å². The van der Waals surface area contributed by atoms with Crippen LogP contribution < -0.4 is 9.64 Å². The summed E-state index contributed by atoms with van der Waals surface area (Å²) in [5.41, 5.74) is 3.15. The van der Waals surface area contributed by atoms with E-state index >= 15 is 0 Å². The van der Waals surface area contributed by atoms with Gasteiger partial charge in [0.1, 0.15) is 5.75 Å². The van der Waals surface area contributed by atoms with Crippen LogP contribution in [0.3, 0.4) is 0 Å². The fourth-order valence-corrected chi connectivity index (χ4v) is 4.09. The number of fused-ring (bicyclic) bond motifs is 1. The van der Waals surface area contributed by atoms with Crippen molar-refractivity contribution in [2.45, 2.75) is 45.9 Å². The lowest BCUT2D eigenvalue weighted by Crippen LogP contribution is -2.41. The molecule has 1 amide bonds. The Kier molecular flexibility index (Phi) is 5.25. The molecule has 0 saturated carbocycles. The molecule has 0 spiro atoms. The number of ether oxygens (including phenoxy) is 1. The molecule has 0 radical (unpaired) electrons. The zero-order chi connectivity index (χ0) is 20.9. The predicted molar refractivity (Wildman–Crippen MR) is 107 cm³/mol. The highest BCUT2D eigenvalue weighted by molar-refractivity contribution is 9.10.